The second-order valence-corrected chi connectivity index (χ2v) is 25.7. The molecule has 0 rings (SSSR count). The van der Waals surface area contributed by atoms with Crippen molar-refractivity contribution < 1.29 is 31.7 Å². The van der Waals surface area contributed by atoms with Crippen molar-refractivity contribution in [2.24, 2.45) is 5.41 Å². The highest BCUT2D eigenvalue weighted by molar-refractivity contribution is 6.72. The van der Waals surface area contributed by atoms with Gasteiger partial charge in [0.05, 0.1) is 0 Å². The van der Waals surface area contributed by atoms with E-state index in [1.54, 1.807) is 6.92 Å². The van der Waals surface area contributed by atoms with E-state index in [9.17, 15) is 4.79 Å². The summed E-state index contributed by atoms with van der Waals surface area (Å²) in [5.74, 6) is -3.82. The molecular weight excluding hydrogens is 481 g/mol. The molecule has 0 N–H and O–H groups in total. The molecule has 0 aliphatic rings. The van der Waals surface area contributed by atoms with E-state index < -0.39 is 58.0 Å². The molecule has 0 radical (unpaired) electrons. The third kappa shape index (κ3) is 8.75. The molecule has 0 aromatic heterocycles. The number of carbonyl (C=O) groups excluding carboxylic acids is 1. The van der Waals surface area contributed by atoms with E-state index in [1.807, 2.05) is 20.4 Å². The van der Waals surface area contributed by atoms with Crippen molar-refractivity contribution in [3.05, 3.63) is 12.2 Å². The van der Waals surface area contributed by atoms with Gasteiger partial charge in [0.25, 0.3) is 5.97 Å². The highest BCUT2D eigenvalue weighted by Gasteiger charge is 2.67. The SMILES string of the molecule is C=C(C)C(=O)OC(O[SiH3])(O[SiH2]C)C(C)(C)C(O[Si](C)(C)C)(O[Si](C)(C)C)O[Si](C)(C)C. The van der Waals surface area contributed by atoms with Crippen molar-refractivity contribution in [3.8, 4) is 0 Å². The van der Waals surface area contributed by atoms with Crippen LogP contribution in [0.25, 0.3) is 0 Å². The van der Waals surface area contributed by atoms with Gasteiger partial charge < -0.3 is 26.9 Å². The van der Waals surface area contributed by atoms with Crippen LogP contribution in [-0.2, 0) is 31.7 Å². The lowest BCUT2D eigenvalue weighted by Crippen LogP contribution is -2.71. The predicted octanol–water partition coefficient (Wildman–Crippen LogP) is 3.44. The highest BCUT2D eigenvalue weighted by Crippen LogP contribution is 2.51. The molecule has 0 amide bonds. The molecule has 1 unspecified atom stereocenters. The van der Waals surface area contributed by atoms with Gasteiger partial charge in [-0.1, -0.05) is 13.1 Å². The molecule has 0 heterocycles. The van der Waals surface area contributed by atoms with Gasteiger partial charge >= 0.3 is 11.9 Å². The first-order valence-electron chi connectivity index (χ1n) is 10.8. The van der Waals surface area contributed by atoms with Crippen LogP contribution in [0.15, 0.2) is 12.2 Å². The van der Waals surface area contributed by atoms with E-state index >= 15 is 0 Å². The van der Waals surface area contributed by atoms with Crippen LogP contribution in [0.1, 0.15) is 20.8 Å². The number of ether oxygens (including phenoxy) is 1. The summed E-state index contributed by atoms with van der Waals surface area (Å²) in [6.45, 7) is 29.8. The van der Waals surface area contributed by atoms with Crippen LogP contribution >= 0.6 is 0 Å². The molecule has 12 heteroatoms. The van der Waals surface area contributed by atoms with E-state index in [-0.39, 0.29) is 16.1 Å². The average Bonchev–Trinajstić information content (AvgIpc) is 2.48. The van der Waals surface area contributed by atoms with Gasteiger partial charge in [-0.2, -0.15) is 0 Å². The predicted molar refractivity (Wildman–Crippen MR) is 140 cm³/mol. The molecular formula is C19H46O7Si5. The van der Waals surface area contributed by atoms with E-state index in [0.717, 1.165) is 0 Å². The number of rotatable bonds is 13. The summed E-state index contributed by atoms with van der Waals surface area (Å²) in [5, 5.41) is 0. The third-order valence-electron chi connectivity index (χ3n) is 4.03. The minimum Gasteiger partial charge on any atom is -0.405 e. The van der Waals surface area contributed by atoms with Crippen molar-refractivity contribution in [3.63, 3.8) is 0 Å². The lowest BCUT2D eigenvalue weighted by molar-refractivity contribution is -0.435. The maximum absolute atomic E-state index is 12.7. The second-order valence-electron chi connectivity index (χ2n) is 11.2. The Labute approximate surface area is 198 Å². The molecule has 184 valence electrons. The van der Waals surface area contributed by atoms with Crippen molar-refractivity contribution in [2.45, 2.75) is 98.2 Å². The first-order chi connectivity index (χ1) is 13.6. The molecule has 0 aliphatic carbocycles. The zero-order chi connectivity index (χ0) is 25.1. The van der Waals surface area contributed by atoms with Gasteiger partial charge in [0.2, 0.25) is 0 Å². The van der Waals surface area contributed by atoms with E-state index in [2.05, 4.69) is 65.5 Å². The van der Waals surface area contributed by atoms with Crippen molar-refractivity contribution in [1.29, 1.82) is 0 Å². The number of hydrogen-bond donors (Lipinski definition) is 0. The topological polar surface area (TPSA) is 72.5 Å². The number of carbonyl (C=O) groups is 1. The Bertz CT molecular complexity index is 594. The van der Waals surface area contributed by atoms with Crippen molar-refractivity contribution in [1.82, 2.24) is 0 Å². The van der Waals surface area contributed by atoms with Gasteiger partial charge in [-0.25, -0.2) is 4.79 Å². The smallest absolute Gasteiger partial charge is 0.337 e. The van der Waals surface area contributed by atoms with Gasteiger partial charge in [-0.3, -0.25) is 0 Å². The third-order valence-corrected chi connectivity index (χ3v) is 7.88. The molecule has 0 spiro atoms. The number of hydrogen-bond acceptors (Lipinski definition) is 7. The maximum atomic E-state index is 12.7. The Morgan fingerprint density at radius 3 is 1.42 bits per heavy atom. The Morgan fingerprint density at radius 1 is 0.839 bits per heavy atom. The van der Waals surface area contributed by atoms with Gasteiger partial charge in [0.15, 0.2) is 45.2 Å². The van der Waals surface area contributed by atoms with Gasteiger partial charge in [0.1, 0.15) is 5.41 Å². The fraction of sp³-hybridized carbons (Fsp3) is 0.842. The van der Waals surface area contributed by atoms with E-state index in [4.69, 9.17) is 26.9 Å². The van der Waals surface area contributed by atoms with Gasteiger partial charge in [-0.15, -0.1) is 0 Å². The summed E-state index contributed by atoms with van der Waals surface area (Å²) in [5.41, 5.74) is -0.898. The normalized spacial score (nSPS) is 16.5. The average molecular weight is 527 g/mol. The standard InChI is InChI=1S/C19H46O7Si5/c1-15(2)16(20)21-18(22-27,23-28-5)17(3,4)19(24-29(6,7)8,25-30(9,10)11)26-31(12,13)14/h1,28H2,2-14,27H3. The Morgan fingerprint density at radius 2 is 1.19 bits per heavy atom. The highest BCUT2D eigenvalue weighted by atomic mass is 28.4. The van der Waals surface area contributed by atoms with E-state index in [1.165, 1.54) is 0 Å². The van der Waals surface area contributed by atoms with Crippen LogP contribution in [0, 0.1) is 5.41 Å². The summed E-state index contributed by atoms with van der Waals surface area (Å²) >= 11 is 0. The fourth-order valence-corrected chi connectivity index (χ4v) is 8.48. The largest absolute Gasteiger partial charge is 0.405 e. The van der Waals surface area contributed by atoms with Crippen molar-refractivity contribution >= 4 is 51.2 Å². The summed E-state index contributed by atoms with van der Waals surface area (Å²) in [7, 11) is -7.51. The zero-order valence-corrected chi connectivity index (χ0v) is 28.7. The molecule has 0 bridgehead atoms. The lowest BCUT2D eigenvalue weighted by atomic mass is 9.86. The zero-order valence-electron chi connectivity index (χ0n) is 22.3. The first kappa shape index (κ1) is 31.1. The Hall–Kier alpha value is 0.0944. The summed E-state index contributed by atoms with van der Waals surface area (Å²) < 4.78 is 38.3. The second kappa shape index (κ2) is 10.6. The van der Waals surface area contributed by atoms with E-state index in [0.29, 0.717) is 0 Å². The maximum Gasteiger partial charge on any atom is 0.337 e. The Kier molecular flexibility index (Phi) is 10.6. The van der Waals surface area contributed by atoms with Crippen LogP contribution < -0.4 is 0 Å². The molecule has 7 nitrogen and oxygen atoms in total. The van der Waals surface area contributed by atoms with Crippen LogP contribution in [0.2, 0.25) is 65.5 Å². The molecule has 0 saturated carbocycles. The number of esters is 1. The summed E-state index contributed by atoms with van der Waals surface area (Å²) in [6.07, 6.45) is 0. The minimum absolute atomic E-state index is 0.259. The molecule has 1 atom stereocenters. The minimum atomic E-state index is -2.23. The summed E-state index contributed by atoms with van der Waals surface area (Å²) in [6, 6.07) is 0. The van der Waals surface area contributed by atoms with Crippen molar-refractivity contribution in [2.75, 3.05) is 0 Å². The molecule has 0 fully saturated rings. The van der Waals surface area contributed by atoms with Crippen LogP contribution in [0.4, 0.5) is 0 Å². The Balaban J connectivity index is 7.12. The molecule has 0 aromatic carbocycles. The molecule has 0 aliphatic heterocycles. The monoisotopic (exact) mass is 526 g/mol. The lowest BCUT2D eigenvalue weighted by Gasteiger charge is -2.57. The summed E-state index contributed by atoms with van der Waals surface area (Å²) in [4.78, 5) is 12.7. The quantitative estimate of drug-likeness (QED) is 0.157. The van der Waals surface area contributed by atoms with Crippen LogP contribution in [0.5, 0.6) is 0 Å². The fourth-order valence-electron chi connectivity index (χ4n) is 2.93. The molecule has 0 saturated heterocycles. The molecule has 31 heavy (non-hydrogen) atoms. The van der Waals surface area contributed by atoms with Gasteiger partial charge in [-0.05, 0) is 79.7 Å². The van der Waals surface area contributed by atoms with Crippen LogP contribution in [0.3, 0.4) is 0 Å². The van der Waals surface area contributed by atoms with Crippen LogP contribution in [-0.4, -0.2) is 63.1 Å². The molecule has 0 aromatic rings. The first-order valence-corrected chi connectivity index (χ1v) is 23.8. The van der Waals surface area contributed by atoms with Gasteiger partial charge in [0, 0.05) is 5.57 Å².